The minimum Gasteiger partial charge on any atom is -0.386 e. The highest BCUT2D eigenvalue weighted by atomic mass is 16.5. The summed E-state index contributed by atoms with van der Waals surface area (Å²) in [5.74, 6) is 0. The summed E-state index contributed by atoms with van der Waals surface area (Å²) < 4.78 is 5.49. The fraction of sp³-hybridized carbons (Fsp3) is 0.600. The third kappa shape index (κ3) is 5.85. The van der Waals surface area contributed by atoms with Crippen molar-refractivity contribution in [2.75, 3.05) is 13.2 Å². The van der Waals surface area contributed by atoms with E-state index < -0.39 is 6.10 Å². The largest absolute Gasteiger partial charge is 0.386 e. The van der Waals surface area contributed by atoms with E-state index in [1.807, 2.05) is 31.2 Å². The lowest BCUT2D eigenvalue weighted by Gasteiger charge is -2.12. The predicted molar refractivity (Wildman–Crippen MR) is 71.1 cm³/mol. The van der Waals surface area contributed by atoms with Gasteiger partial charge in [-0.3, -0.25) is 0 Å². The summed E-state index contributed by atoms with van der Waals surface area (Å²) >= 11 is 0. The molecule has 0 radical (unpaired) electrons. The second-order valence-corrected chi connectivity index (χ2v) is 4.57. The summed E-state index contributed by atoms with van der Waals surface area (Å²) in [4.78, 5) is 0. The molecule has 1 rings (SSSR count). The van der Waals surface area contributed by atoms with Gasteiger partial charge in [0, 0.05) is 6.61 Å². The molecule has 1 aromatic rings. The highest BCUT2D eigenvalue weighted by Gasteiger charge is 2.07. The van der Waals surface area contributed by atoms with Gasteiger partial charge in [0.05, 0.1) is 6.61 Å². The van der Waals surface area contributed by atoms with Crippen LogP contribution in [0.2, 0.25) is 0 Å². The van der Waals surface area contributed by atoms with Gasteiger partial charge in [-0.15, -0.1) is 0 Å². The second-order valence-electron chi connectivity index (χ2n) is 4.57. The topological polar surface area (TPSA) is 29.5 Å². The first kappa shape index (κ1) is 14.2. The van der Waals surface area contributed by atoms with Gasteiger partial charge in [0.15, 0.2) is 0 Å². The van der Waals surface area contributed by atoms with Gasteiger partial charge in [-0.2, -0.15) is 0 Å². The number of hydrogen-bond donors (Lipinski definition) is 1. The van der Waals surface area contributed by atoms with E-state index in [2.05, 4.69) is 6.92 Å². The van der Waals surface area contributed by atoms with E-state index in [0.717, 1.165) is 18.6 Å². The maximum absolute atomic E-state index is 9.92. The van der Waals surface area contributed by atoms with Gasteiger partial charge >= 0.3 is 0 Å². The van der Waals surface area contributed by atoms with Crippen molar-refractivity contribution in [3.63, 3.8) is 0 Å². The molecular weight excluding hydrogens is 212 g/mol. The molecule has 1 atom stereocenters. The molecule has 0 bridgehead atoms. The maximum atomic E-state index is 9.92. The molecule has 1 aromatic carbocycles. The molecule has 0 aliphatic carbocycles. The highest BCUT2D eigenvalue weighted by Crippen LogP contribution is 2.14. The molecule has 1 N–H and O–H groups in total. The lowest BCUT2D eigenvalue weighted by molar-refractivity contribution is 0.0344. The lowest BCUT2D eigenvalue weighted by Crippen LogP contribution is -2.08. The number of aliphatic hydroxyl groups excluding tert-OH is 1. The molecule has 2 nitrogen and oxygen atoms in total. The average Bonchev–Trinajstić information content (AvgIpc) is 2.33. The van der Waals surface area contributed by atoms with Crippen LogP contribution in [0.3, 0.4) is 0 Å². The van der Waals surface area contributed by atoms with Crippen molar-refractivity contribution < 1.29 is 9.84 Å². The van der Waals surface area contributed by atoms with Crippen molar-refractivity contribution in [3.05, 3.63) is 35.4 Å². The molecule has 0 fully saturated rings. The fourth-order valence-electron chi connectivity index (χ4n) is 1.80. The zero-order chi connectivity index (χ0) is 12.5. The molecule has 0 aliphatic heterocycles. The van der Waals surface area contributed by atoms with E-state index in [-0.39, 0.29) is 0 Å². The van der Waals surface area contributed by atoms with Crippen LogP contribution < -0.4 is 0 Å². The molecule has 0 amide bonds. The van der Waals surface area contributed by atoms with E-state index in [9.17, 15) is 5.11 Å². The van der Waals surface area contributed by atoms with Crippen LogP contribution in [0.4, 0.5) is 0 Å². The van der Waals surface area contributed by atoms with Crippen molar-refractivity contribution in [3.8, 4) is 0 Å². The molecule has 0 spiro atoms. The van der Waals surface area contributed by atoms with Gasteiger partial charge in [0.2, 0.25) is 0 Å². The van der Waals surface area contributed by atoms with Crippen molar-refractivity contribution in [2.45, 2.75) is 45.6 Å². The Hall–Kier alpha value is -0.860. The summed E-state index contributed by atoms with van der Waals surface area (Å²) in [5.41, 5.74) is 2.11. The fourth-order valence-corrected chi connectivity index (χ4v) is 1.80. The highest BCUT2D eigenvalue weighted by molar-refractivity contribution is 5.23. The van der Waals surface area contributed by atoms with Crippen LogP contribution >= 0.6 is 0 Å². The number of hydrogen-bond acceptors (Lipinski definition) is 2. The Morgan fingerprint density at radius 2 is 2.06 bits per heavy atom. The zero-order valence-electron chi connectivity index (χ0n) is 11.0. The average molecular weight is 236 g/mol. The van der Waals surface area contributed by atoms with E-state index in [1.165, 1.54) is 24.8 Å². The van der Waals surface area contributed by atoms with Crippen molar-refractivity contribution in [2.24, 2.45) is 0 Å². The standard InChI is InChI=1S/C15H24O2/c1-3-4-5-6-10-17-12-15(16)14-9-7-8-13(2)11-14/h7-9,11,15-16H,3-6,10,12H2,1-2H3. The second kappa shape index (κ2) is 8.26. The Kier molecular flexibility index (Phi) is 6.90. The summed E-state index contributed by atoms with van der Waals surface area (Å²) in [7, 11) is 0. The third-order valence-corrected chi connectivity index (χ3v) is 2.84. The van der Waals surface area contributed by atoms with Crippen molar-refractivity contribution in [1.29, 1.82) is 0 Å². The van der Waals surface area contributed by atoms with Crippen LogP contribution in [0.25, 0.3) is 0 Å². The summed E-state index contributed by atoms with van der Waals surface area (Å²) in [5, 5.41) is 9.92. The molecule has 0 heterocycles. The molecule has 2 heteroatoms. The Balaban J connectivity index is 2.19. The zero-order valence-corrected chi connectivity index (χ0v) is 11.0. The first-order valence-electron chi connectivity index (χ1n) is 6.56. The number of aliphatic hydroxyl groups is 1. The molecule has 0 saturated heterocycles. The van der Waals surface area contributed by atoms with E-state index in [4.69, 9.17) is 4.74 Å². The monoisotopic (exact) mass is 236 g/mol. The lowest BCUT2D eigenvalue weighted by atomic mass is 10.1. The van der Waals surface area contributed by atoms with Crippen LogP contribution in [-0.2, 0) is 4.74 Å². The van der Waals surface area contributed by atoms with Crippen LogP contribution in [-0.4, -0.2) is 18.3 Å². The summed E-state index contributed by atoms with van der Waals surface area (Å²) in [6, 6.07) is 7.94. The molecule has 96 valence electrons. The summed E-state index contributed by atoms with van der Waals surface area (Å²) in [6.45, 7) is 5.38. The first-order valence-corrected chi connectivity index (χ1v) is 6.56. The van der Waals surface area contributed by atoms with E-state index >= 15 is 0 Å². The molecular formula is C15H24O2. The SMILES string of the molecule is CCCCCCOCC(O)c1cccc(C)c1. The van der Waals surface area contributed by atoms with Crippen molar-refractivity contribution in [1.82, 2.24) is 0 Å². The van der Waals surface area contributed by atoms with Gasteiger partial charge in [0.1, 0.15) is 6.10 Å². The number of unbranched alkanes of at least 4 members (excludes halogenated alkanes) is 3. The third-order valence-electron chi connectivity index (χ3n) is 2.84. The van der Waals surface area contributed by atoms with Crippen LogP contribution in [0.5, 0.6) is 0 Å². The molecule has 17 heavy (non-hydrogen) atoms. The van der Waals surface area contributed by atoms with Gasteiger partial charge < -0.3 is 9.84 Å². The van der Waals surface area contributed by atoms with E-state index in [0.29, 0.717) is 6.61 Å². The summed E-state index contributed by atoms with van der Waals surface area (Å²) in [6.07, 6.45) is 4.32. The Bertz CT molecular complexity index is 310. The smallest absolute Gasteiger partial charge is 0.102 e. The van der Waals surface area contributed by atoms with Gasteiger partial charge in [-0.05, 0) is 18.9 Å². The predicted octanol–water partition coefficient (Wildman–Crippen LogP) is 3.63. The van der Waals surface area contributed by atoms with Crippen LogP contribution in [0.1, 0.15) is 49.8 Å². The number of rotatable bonds is 8. The molecule has 0 aliphatic rings. The van der Waals surface area contributed by atoms with Gasteiger partial charge in [0.25, 0.3) is 0 Å². The van der Waals surface area contributed by atoms with E-state index in [1.54, 1.807) is 0 Å². The van der Waals surface area contributed by atoms with Crippen LogP contribution in [0.15, 0.2) is 24.3 Å². The van der Waals surface area contributed by atoms with Crippen molar-refractivity contribution >= 4 is 0 Å². The molecule has 1 unspecified atom stereocenters. The maximum Gasteiger partial charge on any atom is 0.102 e. The number of benzene rings is 1. The Morgan fingerprint density at radius 1 is 1.24 bits per heavy atom. The minimum atomic E-state index is -0.499. The normalized spacial score (nSPS) is 12.6. The Morgan fingerprint density at radius 3 is 2.76 bits per heavy atom. The number of aryl methyl sites for hydroxylation is 1. The quantitative estimate of drug-likeness (QED) is 0.698. The Labute approximate surface area is 105 Å². The number of ether oxygens (including phenoxy) is 1. The molecule has 0 saturated carbocycles. The van der Waals surface area contributed by atoms with Gasteiger partial charge in [-0.25, -0.2) is 0 Å². The first-order chi connectivity index (χ1) is 8.24. The molecule has 0 aromatic heterocycles. The minimum absolute atomic E-state index is 0.398. The van der Waals surface area contributed by atoms with Gasteiger partial charge in [-0.1, -0.05) is 56.0 Å². The van der Waals surface area contributed by atoms with Crippen LogP contribution in [0, 0.1) is 6.92 Å².